The molecule has 0 bridgehead atoms. The topological polar surface area (TPSA) is 123 Å². The lowest BCUT2D eigenvalue weighted by atomic mass is 10.1. The molecule has 0 saturated heterocycles. The van der Waals surface area contributed by atoms with Gasteiger partial charge in [0.15, 0.2) is 17.3 Å². The molecule has 1 heterocycles. The summed E-state index contributed by atoms with van der Waals surface area (Å²) in [6.45, 7) is -0.111. The van der Waals surface area contributed by atoms with Crippen molar-refractivity contribution in [3.05, 3.63) is 36.4 Å². The number of amides is 1. The number of nitrogens with two attached hydrogens (primary N) is 1. The van der Waals surface area contributed by atoms with Crippen LogP contribution in [-0.4, -0.2) is 49.1 Å². The Morgan fingerprint density at radius 1 is 1.03 bits per heavy atom. The first-order chi connectivity index (χ1) is 14.5. The van der Waals surface area contributed by atoms with Crippen LogP contribution in [0.1, 0.15) is 0 Å². The van der Waals surface area contributed by atoms with Gasteiger partial charge in [-0.15, -0.1) is 5.10 Å². The van der Waals surface area contributed by atoms with Gasteiger partial charge in [-0.1, -0.05) is 6.07 Å². The normalized spacial score (nSPS) is 10.4. The Morgan fingerprint density at radius 3 is 2.33 bits per heavy atom. The molecule has 0 spiro atoms. The molecule has 10 nitrogen and oxygen atoms in total. The first-order valence-corrected chi connectivity index (χ1v) is 8.93. The van der Waals surface area contributed by atoms with Crippen molar-refractivity contribution in [2.45, 2.75) is 6.54 Å². The van der Waals surface area contributed by atoms with E-state index in [0.29, 0.717) is 40.1 Å². The number of anilines is 2. The molecule has 0 radical (unpaired) electrons. The highest BCUT2D eigenvalue weighted by atomic mass is 16.5. The van der Waals surface area contributed by atoms with Gasteiger partial charge in [0, 0.05) is 17.3 Å². The first-order valence-electron chi connectivity index (χ1n) is 8.93. The van der Waals surface area contributed by atoms with Crippen LogP contribution in [0.5, 0.6) is 23.0 Å². The van der Waals surface area contributed by atoms with Crippen molar-refractivity contribution in [3.63, 3.8) is 0 Å². The maximum atomic E-state index is 12.4. The van der Waals surface area contributed by atoms with Gasteiger partial charge in [0.05, 0.1) is 28.4 Å². The quantitative estimate of drug-likeness (QED) is 0.576. The van der Waals surface area contributed by atoms with Gasteiger partial charge in [-0.2, -0.15) is 4.98 Å². The SMILES string of the molecule is COc1cccc(NC(=O)Cn2nc(-c3cc(OC)c(OC)c(OC)c3)nc2N)c1. The predicted molar refractivity (Wildman–Crippen MR) is 111 cm³/mol. The number of carbonyl (C=O) groups excluding carboxylic acids is 1. The highest BCUT2D eigenvalue weighted by Gasteiger charge is 2.18. The maximum absolute atomic E-state index is 12.4. The number of methoxy groups -OCH3 is 4. The monoisotopic (exact) mass is 413 g/mol. The minimum Gasteiger partial charge on any atom is -0.497 e. The van der Waals surface area contributed by atoms with Crippen molar-refractivity contribution in [2.24, 2.45) is 0 Å². The third-order valence-electron chi connectivity index (χ3n) is 4.27. The third kappa shape index (κ3) is 4.37. The van der Waals surface area contributed by atoms with Gasteiger partial charge in [-0.25, -0.2) is 4.68 Å². The fourth-order valence-electron chi connectivity index (χ4n) is 2.84. The van der Waals surface area contributed by atoms with Crippen LogP contribution in [0.3, 0.4) is 0 Å². The smallest absolute Gasteiger partial charge is 0.246 e. The lowest BCUT2D eigenvalue weighted by molar-refractivity contribution is -0.116. The summed E-state index contributed by atoms with van der Waals surface area (Å²) in [4.78, 5) is 16.7. The van der Waals surface area contributed by atoms with Gasteiger partial charge in [0.2, 0.25) is 17.6 Å². The Morgan fingerprint density at radius 2 is 1.73 bits per heavy atom. The Kier molecular flexibility index (Phi) is 6.26. The number of nitrogens with one attached hydrogen (secondary N) is 1. The van der Waals surface area contributed by atoms with E-state index in [1.54, 1.807) is 43.5 Å². The average molecular weight is 413 g/mol. The molecular formula is C20H23N5O5. The molecule has 0 aliphatic carbocycles. The van der Waals surface area contributed by atoms with E-state index in [4.69, 9.17) is 24.7 Å². The molecule has 3 rings (SSSR count). The van der Waals surface area contributed by atoms with Gasteiger partial charge in [0.25, 0.3) is 0 Å². The van der Waals surface area contributed by atoms with E-state index in [1.165, 1.54) is 26.0 Å². The zero-order valence-corrected chi connectivity index (χ0v) is 17.1. The summed E-state index contributed by atoms with van der Waals surface area (Å²) in [5.74, 6) is 2.11. The Bertz CT molecular complexity index is 1020. The lowest BCUT2D eigenvalue weighted by Gasteiger charge is -2.13. The molecule has 3 aromatic rings. The largest absolute Gasteiger partial charge is 0.497 e. The molecular weight excluding hydrogens is 390 g/mol. The summed E-state index contributed by atoms with van der Waals surface area (Å²) in [7, 11) is 6.11. The molecule has 1 aromatic heterocycles. The van der Waals surface area contributed by atoms with Gasteiger partial charge in [0.1, 0.15) is 12.3 Å². The second kappa shape index (κ2) is 9.03. The van der Waals surface area contributed by atoms with E-state index in [2.05, 4.69) is 15.4 Å². The first kappa shape index (κ1) is 20.8. The van der Waals surface area contributed by atoms with E-state index in [0.717, 1.165) is 0 Å². The minimum atomic E-state index is -0.309. The van der Waals surface area contributed by atoms with E-state index < -0.39 is 0 Å². The third-order valence-corrected chi connectivity index (χ3v) is 4.27. The summed E-state index contributed by atoms with van der Waals surface area (Å²) in [6.07, 6.45) is 0. The van der Waals surface area contributed by atoms with Crippen LogP contribution >= 0.6 is 0 Å². The van der Waals surface area contributed by atoms with Gasteiger partial charge in [-0.05, 0) is 24.3 Å². The average Bonchev–Trinajstić information content (AvgIpc) is 3.12. The Labute approximate surface area is 173 Å². The van der Waals surface area contributed by atoms with Crippen LogP contribution in [0.15, 0.2) is 36.4 Å². The molecule has 3 N–H and O–H groups in total. The van der Waals surface area contributed by atoms with E-state index >= 15 is 0 Å². The number of nitrogen functional groups attached to an aromatic ring is 1. The van der Waals surface area contributed by atoms with Crippen LogP contribution in [0.25, 0.3) is 11.4 Å². The van der Waals surface area contributed by atoms with Crippen LogP contribution in [0.2, 0.25) is 0 Å². The molecule has 0 unspecified atom stereocenters. The second-order valence-corrected chi connectivity index (χ2v) is 6.15. The van der Waals surface area contributed by atoms with Crippen LogP contribution in [0, 0.1) is 0 Å². The summed E-state index contributed by atoms with van der Waals surface area (Å²) in [6, 6.07) is 10.4. The number of aromatic nitrogens is 3. The molecule has 0 saturated carbocycles. The molecule has 2 aromatic carbocycles. The molecule has 30 heavy (non-hydrogen) atoms. The molecule has 10 heteroatoms. The second-order valence-electron chi connectivity index (χ2n) is 6.15. The number of hydrogen-bond donors (Lipinski definition) is 2. The van der Waals surface area contributed by atoms with E-state index in [-0.39, 0.29) is 18.4 Å². The van der Waals surface area contributed by atoms with Crippen molar-refractivity contribution in [1.29, 1.82) is 0 Å². The van der Waals surface area contributed by atoms with Crippen LogP contribution in [0.4, 0.5) is 11.6 Å². The number of ether oxygens (including phenoxy) is 4. The summed E-state index contributed by atoms with van der Waals surface area (Å²) >= 11 is 0. The number of carbonyl (C=O) groups is 1. The number of nitrogens with zero attached hydrogens (tertiary/aromatic N) is 3. The molecule has 0 fully saturated rings. The Balaban J connectivity index is 1.82. The van der Waals surface area contributed by atoms with Crippen LogP contribution < -0.4 is 30.0 Å². The number of hydrogen-bond acceptors (Lipinski definition) is 8. The minimum absolute atomic E-state index is 0.0968. The van der Waals surface area contributed by atoms with Gasteiger partial charge in [-0.3, -0.25) is 4.79 Å². The molecule has 158 valence electrons. The number of benzene rings is 2. The highest BCUT2D eigenvalue weighted by Crippen LogP contribution is 2.40. The van der Waals surface area contributed by atoms with Crippen molar-refractivity contribution < 1.29 is 23.7 Å². The van der Waals surface area contributed by atoms with Gasteiger partial charge >= 0.3 is 0 Å². The van der Waals surface area contributed by atoms with Crippen molar-refractivity contribution >= 4 is 17.5 Å². The molecule has 0 aliphatic rings. The Hall–Kier alpha value is -3.95. The van der Waals surface area contributed by atoms with E-state index in [1.807, 2.05) is 0 Å². The van der Waals surface area contributed by atoms with E-state index in [9.17, 15) is 4.79 Å². The summed E-state index contributed by atoms with van der Waals surface area (Å²) in [5, 5.41) is 7.12. The summed E-state index contributed by atoms with van der Waals surface area (Å²) < 4.78 is 22.5. The zero-order valence-electron chi connectivity index (χ0n) is 17.1. The molecule has 0 aliphatic heterocycles. The van der Waals surface area contributed by atoms with Crippen molar-refractivity contribution in [2.75, 3.05) is 39.5 Å². The van der Waals surface area contributed by atoms with Crippen molar-refractivity contribution in [1.82, 2.24) is 14.8 Å². The fraction of sp³-hybridized carbons (Fsp3) is 0.250. The molecule has 1 amide bonds. The predicted octanol–water partition coefficient (Wildman–Crippen LogP) is 2.20. The standard InChI is InChI=1S/C20H23N5O5/c1-27-14-7-5-6-13(10-14)22-17(26)11-25-20(21)23-19(24-25)12-8-15(28-2)18(30-4)16(9-12)29-3/h5-10H,11H2,1-4H3,(H,22,26)(H2,21,23,24). The summed E-state index contributed by atoms with van der Waals surface area (Å²) in [5.41, 5.74) is 7.17. The lowest BCUT2D eigenvalue weighted by Crippen LogP contribution is -2.20. The highest BCUT2D eigenvalue weighted by molar-refractivity contribution is 5.90. The number of rotatable bonds is 8. The zero-order chi connectivity index (χ0) is 21.7. The maximum Gasteiger partial charge on any atom is 0.246 e. The van der Waals surface area contributed by atoms with Crippen molar-refractivity contribution in [3.8, 4) is 34.4 Å². The van der Waals surface area contributed by atoms with Gasteiger partial charge < -0.3 is 30.0 Å². The molecule has 0 atom stereocenters. The fourth-order valence-corrected chi connectivity index (χ4v) is 2.84. The van der Waals surface area contributed by atoms with Crippen LogP contribution in [-0.2, 0) is 11.3 Å².